The lowest BCUT2D eigenvalue weighted by Crippen LogP contribution is -2.60. The molecule has 0 aliphatic rings. The molecule has 0 spiro atoms. The Morgan fingerprint density at radius 3 is 1.00 bits per heavy atom. The predicted octanol–water partition coefficient (Wildman–Crippen LogP) is 3.19. The van der Waals surface area contributed by atoms with Gasteiger partial charge in [-0.3, -0.25) is 8.97 Å². The Labute approximate surface area is 99.1 Å². The second-order valence-corrected chi connectivity index (χ2v) is 5.89. The van der Waals surface area contributed by atoms with Crippen LogP contribution in [0.3, 0.4) is 0 Å². The Bertz CT molecular complexity index is 140. The molecule has 0 unspecified atom stereocenters. The quantitative estimate of drug-likeness (QED) is 0.504. The summed E-state index contributed by atoms with van der Waals surface area (Å²) in [6.45, 7) is 10.4. The Morgan fingerprint density at radius 1 is 0.667 bits per heavy atom. The molecule has 0 saturated carbocycles. The van der Waals surface area contributed by atoms with Crippen LogP contribution in [0.25, 0.3) is 0 Å². The maximum Gasteiger partial charge on any atom is 0.207 e. The second-order valence-electron chi connectivity index (χ2n) is 5.89. The largest absolute Gasteiger partial charge is 0.280 e. The summed E-state index contributed by atoms with van der Waals surface area (Å²) < 4.78 is 2.18. The highest BCUT2D eigenvalue weighted by Gasteiger charge is 2.31. The van der Waals surface area contributed by atoms with Crippen molar-refractivity contribution in [3.63, 3.8) is 0 Å². The van der Waals surface area contributed by atoms with Gasteiger partial charge < -0.3 is 0 Å². The average Bonchev–Trinajstić information content (AvgIpc) is 1.83. The van der Waals surface area contributed by atoms with Crippen molar-refractivity contribution in [2.24, 2.45) is 0 Å². The first kappa shape index (κ1) is 20.3. The van der Waals surface area contributed by atoms with Crippen LogP contribution in [0.2, 0.25) is 0 Å². The van der Waals surface area contributed by atoms with E-state index in [2.05, 4.69) is 55.9 Å². The van der Waals surface area contributed by atoms with Crippen molar-refractivity contribution < 1.29 is 8.97 Å². The number of hydrogen-bond donors (Lipinski definition) is 0. The zero-order chi connectivity index (χ0) is 10.9. The molecule has 0 radical (unpaired) electrons. The molecule has 0 saturated heterocycles. The van der Waals surface area contributed by atoms with Crippen LogP contribution >= 0.6 is 0 Å². The van der Waals surface area contributed by atoms with Crippen LogP contribution in [0.5, 0.6) is 0 Å². The third-order valence-electron chi connectivity index (χ3n) is 3.52. The van der Waals surface area contributed by atoms with Crippen molar-refractivity contribution in [2.45, 2.75) is 54.6 Å². The number of nitrogens with zero attached hydrogens (tertiary/aromatic N) is 2. The highest BCUT2D eigenvalue weighted by molar-refractivity contribution is 4.40. The van der Waals surface area contributed by atoms with E-state index in [1.54, 1.807) is 0 Å². The number of quaternary nitrogens is 2. The van der Waals surface area contributed by atoms with Crippen LogP contribution in [0, 0.1) is 0 Å². The standard InChI is InChI=1S/C11H28N2.2CH4/c1-10(2)12(5,6)9-13(7,8)11(3)4;;/h10-11H,9H2,1-8H3;2*1H4/q+2;;. The molecule has 0 aromatic rings. The first-order chi connectivity index (χ1) is 5.59. The second kappa shape index (κ2) is 6.49. The van der Waals surface area contributed by atoms with Gasteiger partial charge in [-0.25, -0.2) is 0 Å². The molecular formula is C13H36N2+2. The molecule has 0 fully saturated rings. The molecule has 0 bridgehead atoms. The van der Waals surface area contributed by atoms with E-state index in [-0.39, 0.29) is 14.9 Å². The first-order valence-corrected chi connectivity index (χ1v) is 5.25. The van der Waals surface area contributed by atoms with Crippen LogP contribution in [-0.4, -0.2) is 55.9 Å². The van der Waals surface area contributed by atoms with Gasteiger partial charge in [0.2, 0.25) is 6.67 Å². The minimum atomic E-state index is 0. The monoisotopic (exact) mass is 220 g/mol. The summed E-state index contributed by atoms with van der Waals surface area (Å²) in [6.07, 6.45) is 0. The molecule has 0 aliphatic carbocycles. The van der Waals surface area contributed by atoms with E-state index in [1.807, 2.05) is 0 Å². The Kier molecular flexibility index (Phi) is 8.80. The molecule has 0 aliphatic heterocycles. The summed E-state index contributed by atoms with van der Waals surface area (Å²) in [5.74, 6) is 0. The van der Waals surface area contributed by atoms with Gasteiger partial charge in [-0.2, -0.15) is 0 Å². The fourth-order valence-electron chi connectivity index (χ4n) is 1.27. The van der Waals surface area contributed by atoms with Gasteiger partial charge in [-0.1, -0.05) is 14.9 Å². The zero-order valence-corrected chi connectivity index (χ0v) is 10.8. The molecule has 96 valence electrons. The van der Waals surface area contributed by atoms with Gasteiger partial charge in [0, 0.05) is 0 Å². The maximum absolute atomic E-state index is 2.31. The summed E-state index contributed by atoms with van der Waals surface area (Å²) in [5.41, 5.74) is 0. The highest BCUT2D eigenvalue weighted by atomic mass is 15.5. The van der Waals surface area contributed by atoms with Gasteiger partial charge in [0.25, 0.3) is 0 Å². The van der Waals surface area contributed by atoms with Crippen LogP contribution in [0.4, 0.5) is 0 Å². The lowest BCUT2D eigenvalue weighted by atomic mass is 10.2. The third kappa shape index (κ3) is 6.16. The molecule has 0 heterocycles. The van der Waals surface area contributed by atoms with Crippen molar-refractivity contribution in [1.29, 1.82) is 0 Å². The normalized spacial score (nSPS) is 12.4. The fraction of sp³-hybridized carbons (Fsp3) is 1.00. The number of hydrogen-bond acceptors (Lipinski definition) is 0. The maximum atomic E-state index is 2.31. The molecule has 2 heteroatoms. The van der Waals surface area contributed by atoms with Crippen molar-refractivity contribution in [1.82, 2.24) is 0 Å². The van der Waals surface area contributed by atoms with Crippen molar-refractivity contribution in [3.05, 3.63) is 0 Å². The van der Waals surface area contributed by atoms with Crippen LogP contribution in [0.15, 0.2) is 0 Å². The van der Waals surface area contributed by atoms with E-state index in [0.717, 1.165) is 8.97 Å². The molecule has 0 amide bonds. The van der Waals surface area contributed by atoms with Gasteiger partial charge in [0.1, 0.15) is 0 Å². The Morgan fingerprint density at radius 2 is 0.867 bits per heavy atom. The average molecular weight is 220 g/mol. The third-order valence-corrected chi connectivity index (χ3v) is 3.52. The fourth-order valence-corrected chi connectivity index (χ4v) is 1.27. The molecule has 15 heavy (non-hydrogen) atoms. The van der Waals surface area contributed by atoms with Gasteiger partial charge in [-0.05, 0) is 27.7 Å². The lowest BCUT2D eigenvalue weighted by Gasteiger charge is -2.43. The van der Waals surface area contributed by atoms with E-state index in [1.165, 1.54) is 6.67 Å². The predicted molar refractivity (Wildman–Crippen MR) is 72.8 cm³/mol. The van der Waals surface area contributed by atoms with Gasteiger partial charge in [-0.15, -0.1) is 0 Å². The smallest absolute Gasteiger partial charge is 0.207 e. The SMILES string of the molecule is C.C.CC(C)[N+](C)(C)C[N+](C)(C)C(C)C. The summed E-state index contributed by atoms with van der Waals surface area (Å²) in [5, 5.41) is 0. The molecule has 0 atom stereocenters. The first-order valence-electron chi connectivity index (χ1n) is 5.25. The summed E-state index contributed by atoms with van der Waals surface area (Å²) in [7, 11) is 9.25. The molecule has 0 rings (SSSR count). The molecule has 0 aromatic carbocycles. The minimum Gasteiger partial charge on any atom is -0.280 e. The van der Waals surface area contributed by atoms with E-state index in [9.17, 15) is 0 Å². The van der Waals surface area contributed by atoms with Crippen LogP contribution < -0.4 is 0 Å². The molecule has 2 nitrogen and oxygen atoms in total. The molecule has 0 aromatic heterocycles. The van der Waals surface area contributed by atoms with Gasteiger partial charge >= 0.3 is 0 Å². The van der Waals surface area contributed by atoms with Gasteiger partial charge in [0.15, 0.2) is 0 Å². The van der Waals surface area contributed by atoms with E-state index in [0.29, 0.717) is 12.1 Å². The van der Waals surface area contributed by atoms with Gasteiger partial charge in [0.05, 0.1) is 40.3 Å². The number of rotatable bonds is 4. The zero-order valence-electron chi connectivity index (χ0n) is 10.8. The molecular weight excluding hydrogens is 184 g/mol. The highest BCUT2D eigenvalue weighted by Crippen LogP contribution is 2.14. The van der Waals surface area contributed by atoms with E-state index >= 15 is 0 Å². The van der Waals surface area contributed by atoms with Crippen molar-refractivity contribution in [2.75, 3.05) is 34.9 Å². The van der Waals surface area contributed by atoms with Crippen molar-refractivity contribution in [3.8, 4) is 0 Å². The van der Waals surface area contributed by atoms with Crippen LogP contribution in [0.1, 0.15) is 42.5 Å². The summed E-state index contributed by atoms with van der Waals surface area (Å²) in [6, 6.07) is 1.38. The van der Waals surface area contributed by atoms with E-state index in [4.69, 9.17) is 0 Å². The minimum absolute atomic E-state index is 0. The molecule has 0 N–H and O–H groups in total. The summed E-state index contributed by atoms with van der Waals surface area (Å²) in [4.78, 5) is 0. The lowest BCUT2D eigenvalue weighted by molar-refractivity contribution is -1.09. The van der Waals surface area contributed by atoms with Crippen molar-refractivity contribution >= 4 is 0 Å². The topological polar surface area (TPSA) is 0 Å². The van der Waals surface area contributed by atoms with E-state index < -0.39 is 0 Å². The Balaban J connectivity index is -0.000000720. The van der Waals surface area contributed by atoms with Crippen LogP contribution in [-0.2, 0) is 0 Å². The summed E-state index contributed by atoms with van der Waals surface area (Å²) >= 11 is 0. The Hall–Kier alpha value is -0.0800.